The van der Waals surface area contributed by atoms with Gasteiger partial charge in [-0.2, -0.15) is 4.28 Å². The highest BCUT2D eigenvalue weighted by molar-refractivity contribution is 7.92. The van der Waals surface area contributed by atoms with Crippen LogP contribution in [0.1, 0.15) is 13.8 Å². The molecule has 2 atom stereocenters. The predicted molar refractivity (Wildman–Crippen MR) is 106 cm³/mol. The van der Waals surface area contributed by atoms with Gasteiger partial charge in [0.15, 0.2) is 0 Å². The Morgan fingerprint density at radius 3 is 2.63 bits per heavy atom. The molecule has 1 aromatic rings. The van der Waals surface area contributed by atoms with Gasteiger partial charge in [0, 0.05) is 13.6 Å². The number of carbonyl (C=O) groups is 2. The summed E-state index contributed by atoms with van der Waals surface area (Å²) in [4.78, 5) is 29.0. The summed E-state index contributed by atoms with van der Waals surface area (Å²) in [6.45, 7) is 3.78. The molecule has 30 heavy (non-hydrogen) atoms. The van der Waals surface area contributed by atoms with E-state index in [0.29, 0.717) is 4.31 Å². The number of hydroxylamine groups is 1. The Labute approximate surface area is 175 Å². The van der Waals surface area contributed by atoms with Crippen LogP contribution >= 0.6 is 0 Å². The zero-order chi connectivity index (χ0) is 22.6. The maximum atomic E-state index is 14.3. The summed E-state index contributed by atoms with van der Waals surface area (Å²) in [5, 5.41) is 0. The predicted octanol–water partition coefficient (Wildman–Crippen LogP) is -0.0849. The standard InChI is InChI=1S/C16H21FN4O7S2/c1-5-21-15(23)12(18-16(21)27-6-2)14(22)19-28-29(24)13-10(17)8-7-9-11(13)20(3)30(4,25)26/h7-9,12H,5-6H2,1-4H3,(H,19,22). The molecule has 1 aliphatic heterocycles. The van der Waals surface area contributed by atoms with Crippen LogP contribution in [-0.4, -0.2) is 67.9 Å². The molecule has 1 N–H and O–H groups in total. The van der Waals surface area contributed by atoms with Crippen molar-refractivity contribution in [3.8, 4) is 0 Å². The second-order valence-corrected chi connectivity index (χ2v) is 8.99. The molecule has 2 amide bonds. The SMILES string of the molecule is CCOC1=NC(C(=O)NOS(=O)c2c(F)cccc2N(C)S(C)(=O)=O)C(=O)N1CC. The lowest BCUT2D eigenvalue weighted by atomic mass is 10.3. The van der Waals surface area contributed by atoms with E-state index in [1.54, 1.807) is 13.8 Å². The van der Waals surface area contributed by atoms with Crippen molar-refractivity contribution in [1.29, 1.82) is 0 Å². The maximum Gasteiger partial charge on any atom is 0.295 e. The van der Waals surface area contributed by atoms with E-state index in [9.17, 15) is 26.6 Å². The molecule has 166 valence electrons. The van der Waals surface area contributed by atoms with E-state index in [1.165, 1.54) is 12.1 Å². The molecule has 0 bridgehead atoms. The second kappa shape index (κ2) is 9.49. The molecule has 14 heteroatoms. The Balaban J connectivity index is 2.19. The van der Waals surface area contributed by atoms with E-state index < -0.39 is 49.7 Å². The highest BCUT2D eigenvalue weighted by Gasteiger charge is 2.40. The van der Waals surface area contributed by atoms with E-state index in [-0.39, 0.29) is 24.9 Å². The van der Waals surface area contributed by atoms with Crippen molar-refractivity contribution in [1.82, 2.24) is 10.4 Å². The number of likely N-dealkylation sites (N-methyl/N-ethyl adjacent to an activating group) is 1. The summed E-state index contributed by atoms with van der Waals surface area (Å²) in [6.07, 6.45) is 0.881. The summed E-state index contributed by atoms with van der Waals surface area (Å²) < 4.78 is 60.9. The number of amidine groups is 1. The molecule has 0 aromatic heterocycles. The molecule has 0 radical (unpaired) electrons. The van der Waals surface area contributed by atoms with Crippen molar-refractivity contribution in [3.05, 3.63) is 24.0 Å². The number of aliphatic imine (C=N–C) groups is 1. The molecule has 2 unspecified atom stereocenters. The van der Waals surface area contributed by atoms with Gasteiger partial charge in [0.05, 0.1) is 18.6 Å². The van der Waals surface area contributed by atoms with Crippen molar-refractivity contribution in [2.24, 2.45) is 4.99 Å². The molecule has 1 aromatic carbocycles. The lowest BCUT2D eigenvalue weighted by Crippen LogP contribution is -2.43. The number of sulfonamides is 1. The number of anilines is 1. The van der Waals surface area contributed by atoms with Gasteiger partial charge in [0.1, 0.15) is 10.7 Å². The summed E-state index contributed by atoms with van der Waals surface area (Å²) >= 11 is -2.63. The van der Waals surface area contributed by atoms with Gasteiger partial charge in [0.2, 0.25) is 27.1 Å². The minimum atomic E-state index is -3.79. The number of rotatable bonds is 8. The Morgan fingerprint density at radius 1 is 1.40 bits per heavy atom. The minimum Gasteiger partial charge on any atom is -0.465 e. The number of amides is 2. The molecular formula is C16H21FN4O7S2. The fourth-order valence-corrected chi connectivity index (χ4v) is 3.86. The third-order valence-electron chi connectivity index (χ3n) is 3.98. The molecule has 0 saturated carbocycles. The molecule has 1 aliphatic rings. The largest absolute Gasteiger partial charge is 0.465 e. The van der Waals surface area contributed by atoms with Gasteiger partial charge in [-0.1, -0.05) is 6.07 Å². The fraction of sp³-hybridized carbons (Fsp3) is 0.438. The first-order valence-corrected chi connectivity index (χ1v) is 11.6. The van der Waals surface area contributed by atoms with Gasteiger partial charge in [-0.3, -0.25) is 18.8 Å². The van der Waals surface area contributed by atoms with Crippen LogP contribution in [0.15, 0.2) is 28.1 Å². The molecule has 0 spiro atoms. The van der Waals surface area contributed by atoms with Crippen LogP contribution in [0.25, 0.3) is 0 Å². The van der Waals surface area contributed by atoms with Crippen molar-refractivity contribution < 1.29 is 35.6 Å². The van der Waals surface area contributed by atoms with E-state index in [2.05, 4.69) is 4.99 Å². The lowest BCUT2D eigenvalue weighted by Gasteiger charge is -2.19. The van der Waals surface area contributed by atoms with Gasteiger partial charge >= 0.3 is 0 Å². The molecule has 0 aliphatic carbocycles. The highest BCUT2D eigenvalue weighted by atomic mass is 32.2. The number of ether oxygens (including phenoxy) is 1. The van der Waals surface area contributed by atoms with Gasteiger partial charge in [-0.05, 0) is 26.0 Å². The third-order valence-corrected chi connectivity index (χ3v) is 6.14. The summed E-state index contributed by atoms with van der Waals surface area (Å²) in [5.41, 5.74) is 1.57. The summed E-state index contributed by atoms with van der Waals surface area (Å²) in [5.74, 6) is -2.73. The normalized spacial score (nSPS) is 17.5. The molecule has 0 saturated heterocycles. The Hall–Kier alpha value is -2.58. The molecule has 11 nitrogen and oxygen atoms in total. The van der Waals surface area contributed by atoms with Crippen molar-refractivity contribution in [3.63, 3.8) is 0 Å². The molecular weight excluding hydrogens is 443 g/mol. The first kappa shape index (κ1) is 23.7. The monoisotopic (exact) mass is 464 g/mol. The van der Waals surface area contributed by atoms with E-state index in [4.69, 9.17) is 9.02 Å². The number of nitrogens with zero attached hydrogens (tertiary/aromatic N) is 3. The van der Waals surface area contributed by atoms with Crippen LogP contribution < -0.4 is 9.79 Å². The van der Waals surface area contributed by atoms with E-state index in [1.807, 2.05) is 5.48 Å². The highest BCUT2D eigenvalue weighted by Crippen LogP contribution is 2.27. The van der Waals surface area contributed by atoms with E-state index in [0.717, 1.165) is 24.3 Å². The van der Waals surface area contributed by atoms with Gasteiger partial charge in [0.25, 0.3) is 17.8 Å². The maximum absolute atomic E-state index is 14.3. The third kappa shape index (κ3) is 4.94. The zero-order valence-electron chi connectivity index (χ0n) is 16.6. The first-order valence-electron chi connectivity index (χ1n) is 8.66. The van der Waals surface area contributed by atoms with Crippen LogP contribution in [0, 0.1) is 5.82 Å². The Morgan fingerprint density at radius 2 is 2.07 bits per heavy atom. The average Bonchev–Trinajstić information content (AvgIpc) is 2.99. The Bertz CT molecular complexity index is 999. The summed E-state index contributed by atoms with van der Waals surface area (Å²) in [7, 11) is -2.65. The Kier molecular flexibility index (Phi) is 7.49. The quantitative estimate of drug-likeness (QED) is 0.420. The molecule has 2 rings (SSSR count). The number of hydrogen-bond acceptors (Lipinski definition) is 8. The second-order valence-electron chi connectivity index (χ2n) is 5.93. The number of hydrogen-bond donors (Lipinski definition) is 1. The van der Waals surface area contributed by atoms with Crippen LogP contribution in [0.4, 0.5) is 10.1 Å². The lowest BCUT2D eigenvalue weighted by molar-refractivity contribution is -0.137. The molecule has 1 heterocycles. The number of carbonyl (C=O) groups excluding carboxylic acids is 2. The van der Waals surface area contributed by atoms with Crippen molar-refractivity contribution >= 4 is 44.6 Å². The smallest absolute Gasteiger partial charge is 0.295 e. The minimum absolute atomic E-state index is 0.0301. The summed E-state index contributed by atoms with van der Waals surface area (Å²) in [6, 6.07) is 1.85. The topological polar surface area (TPSA) is 135 Å². The van der Waals surface area contributed by atoms with Gasteiger partial charge in [-0.15, -0.1) is 0 Å². The van der Waals surface area contributed by atoms with Crippen molar-refractivity contribution in [2.45, 2.75) is 24.8 Å². The van der Waals surface area contributed by atoms with Crippen LogP contribution in [0.3, 0.4) is 0 Å². The number of nitrogens with one attached hydrogen (secondary N) is 1. The number of benzene rings is 1. The van der Waals surface area contributed by atoms with Crippen LogP contribution in [0.2, 0.25) is 0 Å². The fourth-order valence-electron chi connectivity index (χ4n) is 2.45. The average molecular weight is 464 g/mol. The van der Waals surface area contributed by atoms with Crippen molar-refractivity contribution in [2.75, 3.05) is 30.8 Å². The van der Waals surface area contributed by atoms with Gasteiger partial charge < -0.3 is 4.74 Å². The zero-order valence-corrected chi connectivity index (χ0v) is 18.3. The van der Waals surface area contributed by atoms with Crippen LogP contribution in [-0.2, 0) is 39.7 Å². The number of halogens is 1. The first-order chi connectivity index (χ1) is 14.0. The van der Waals surface area contributed by atoms with Gasteiger partial charge in [-0.25, -0.2) is 27.5 Å². The molecule has 0 fully saturated rings. The van der Waals surface area contributed by atoms with Crippen LogP contribution in [0.5, 0.6) is 0 Å². The van der Waals surface area contributed by atoms with E-state index >= 15 is 0 Å².